The number of amides is 1. The van der Waals surface area contributed by atoms with E-state index in [0.717, 1.165) is 0 Å². The first kappa shape index (κ1) is 14.5. The molecule has 1 amide bonds. The molecule has 0 aliphatic carbocycles. The lowest BCUT2D eigenvalue weighted by atomic mass is 10.1. The molecule has 1 aromatic heterocycles. The number of hydrogen-bond acceptors (Lipinski definition) is 6. The number of anilines is 1. The summed E-state index contributed by atoms with van der Waals surface area (Å²) >= 11 is 0. The number of carbonyl (C=O) groups excluding carboxylic acids is 1. The lowest BCUT2D eigenvalue weighted by Gasteiger charge is -2.06. The first-order valence-electron chi connectivity index (χ1n) is 6.17. The summed E-state index contributed by atoms with van der Waals surface area (Å²) in [5.41, 5.74) is 0.338. The summed E-state index contributed by atoms with van der Waals surface area (Å²) in [6, 6.07) is 4.22. The highest BCUT2D eigenvalue weighted by molar-refractivity contribution is 5.95. The molecule has 0 fully saturated rings. The molecule has 1 heterocycles. The summed E-state index contributed by atoms with van der Waals surface area (Å²) in [6.45, 7) is 1.98. The minimum absolute atomic E-state index is 0.181. The summed E-state index contributed by atoms with van der Waals surface area (Å²) in [4.78, 5) is 26.1. The zero-order valence-electron chi connectivity index (χ0n) is 11.5. The van der Waals surface area contributed by atoms with Crippen molar-refractivity contribution in [2.75, 3.05) is 12.4 Å². The highest BCUT2D eigenvalue weighted by atomic mass is 16.6. The second-order valence-corrected chi connectivity index (χ2v) is 4.29. The Morgan fingerprint density at radius 2 is 2.24 bits per heavy atom. The van der Waals surface area contributed by atoms with E-state index in [2.05, 4.69) is 15.6 Å². The van der Waals surface area contributed by atoms with Crippen LogP contribution in [0.1, 0.15) is 22.0 Å². The second-order valence-electron chi connectivity index (χ2n) is 4.29. The number of benzene rings is 1. The minimum Gasteiger partial charge on any atom is -0.444 e. The van der Waals surface area contributed by atoms with Crippen LogP contribution in [0.3, 0.4) is 0 Å². The van der Waals surface area contributed by atoms with Gasteiger partial charge < -0.3 is 15.1 Å². The Balaban J connectivity index is 2.22. The molecule has 2 aromatic rings. The molecular formula is C13H14N4O4. The van der Waals surface area contributed by atoms with E-state index in [-0.39, 0.29) is 23.7 Å². The maximum absolute atomic E-state index is 11.5. The van der Waals surface area contributed by atoms with Crippen molar-refractivity contribution in [2.45, 2.75) is 13.5 Å². The van der Waals surface area contributed by atoms with Crippen molar-refractivity contribution >= 4 is 17.3 Å². The number of aromatic nitrogens is 1. The number of oxazole rings is 1. The van der Waals surface area contributed by atoms with Gasteiger partial charge in [-0.25, -0.2) is 4.98 Å². The molecule has 0 unspecified atom stereocenters. The molecule has 2 rings (SSSR count). The summed E-state index contributed by atoms with van der Waals surface area (Å²) in [5.74, 6) is 0.710. The third-order valence-corrected chi connectivity index (χ3v) is 2.78. The lowest BCUT2D eigenvalue weighted by molar-refractivity contribution is -0.384. The molecule has 110 valence electrons. The maximum Gasteiger partial charge on any atom is 0.293 e. The van der Waals surface area contributed by atoms with Gasteiger partial charge in [0.1, 0.15) is 11.4 Å². The van der Waals surface area contributed by atoms with Crippen LogP contribution in [0.2, 0.25) is 0 Å². The van der Waals surface area contributed by atoms with Crippen molar-refractivity contribution < 1.29 is 14.1 Å². The first-order valence-corrected chi connectivity index (χ1v) is 6.17. The fourth-order valence-corrected chi connectivity index (χ4v) is 1.77. The molecule has 0 saturated carbocycles. The van der Waals surface area contributed by atoms with Gasteiger partial charge in [-0.1, -0.05) is 0 Å². The van der Waals surface area contributed by atoms with Gasteiger partial charge >= 0.3 is 0 Å². The Kier molecular flexibility index (Phi) is 4.17. The van der Waals surface area contributed by atoms with Crippen LogP contribution in [0, 0.1) is 17.0 Å². The maximum atomic E-state index is 11.5. The predicted molar refractivity (Wildman–Crippen MR) is 75.1 cm³/mol. The normalized spacial score (nSPS) is 10.2. The van der Waals surface area contributed by atoms with Crippen molar-refractivity contribution in [1.29, 1.82) is 0 Å². The van der Waals surface area contributed by atoms with E-state index in [1.807, 2.05) is 0 Å². The van der Waals surface area contributed by atoms with Crippen LogP contribution in [-0.4, -0.2) is 22.9 Å². The molecule has 21 heavy (non-hydrogen) atoms. The Labute approximate surface area is 120 Å². The van der Waals surface area contributed by atoms with Crippen LogP contribution in [0.15, 0.2) is 28.8 Å². The molecule has 0 bridgehead atoms. The second kappa shape index (κ2) is 6.04. The molecule has 0 aliphatic rings. The summed E-state index contributed by atoms with van der Waals surface area (Å²) in [5, 5.41) is 16.4. The Morgan fingerprint density at radius 1 is 1.48 bits per heavy atom. The number of nitrogens with zero attached hydrogens (tertiary/aromatic N) is 2. The number of nitrogens with one attached hydrogen (secondary N) is 2. The zero-order valence-corrected chi connectivity index (χ0v) is 11.5. The standard InChI is InChI=1S/C13H14N4O4/c1-8-6-16-12(21-8)7-15-10-4-3-9(13(18)14-2)5-11(10)17(19)20/h3-6,15H,7H2,1-2H3,(H,14,18). The molecule has 0 spiro atoms. The van der Waals surface area contributed by atoms with E-state index >= 15 is 0 Å². The van der Waals surface area contributed by atoms with Crippen LogP contribution >= 0.6 is 0 Å². The van der Waals surface area contributed by atoms with Crippen molar-refractivity contribution in [3.63, 3.8) is 0 Å². The lowest BCUT2D eigenvalue weighted by Crippen LogP contribution is -2.18. The number of nitro benzene ring substituents is 1. The molecule has 1 aromatic carbocycles. The fourth-order valence-electron chi connectivity index (χ4n) is 1.77. The monoisotopic (exact) mass is 290 g/mol. The van der Waals surface area contributed by atoms with Crippen molar-refractivity contribution in [1.82, 2.24) is 10.3 Å². The molecule has 2 N–H and O–H groups in total. The molecule has 8 heteroatoms. The van der Waals surface area contributed by atoms with E-state index in [0.29, 0.717) is 17.3 Å². The van der Waals surface area contributed by atoms with E-state index in [1.54, 1.807) is 13.1 Å². The van der Waals surface area contributed by atoms with Gasteiger partial charge in [0.25, 0.3) is 11.6 Å². The summed E-state index contributed by atoms with van der Waals surface area (Å²) in [7, 11) is 1.46. The average Bonchev–Trinajstić information content (AvgIpc) is 2.89. The van der Waals surface area contributed by atoms with Gasteiger partial charge in [0, 0.05) is 18.7 Å². The number of rotatable bonds is 5. The number of hydrogen-bond donors (Lipinski definition) is 2. The Morgan fingerprint density at radius 3 is 2.81 bits per heavy atom. The predicted octanol–water partition coefficient (Wildman–Crippen LogP) is 1.86. The zero-order chi connectivity index (χ0) is 15.4. The highest BCUT2D eigenvalue weighted by Crippen LogP contribution is 2.26. The van der Waals surface area contributed by atoms with E-state index in [4.69, 9.17) is 4.42 Å². The minimum atomic E-state index is -0.546. The molecule has 0 saturated heterocycles. The molecular weight excluding hydrogens is 276 g/mol. The molecule has 0 atom stereocenters. The molecule has 0 aliphatic heterocycles. The van der Waals surface area contributed by atoms with E-state index in [9.17, 15) is 14.9 Å². The number of carbonyl (C=O) groups is 1. The van der Waals surface area contributed by atoms with Gasteiger partial charge in [0.15, 0.2) is 0 Å². The van der Waals surface area contributed by atoms with Crippen molar-refractivity contribution in [3.8, 4) is 0 Å². The quantitative estimate of drug-likeness (QED) is 0.642. The van der Waals surface area contributed by atoms with Crippen molar-refractivity contribution in [3.05, 3.63) is 51.7 Å². The molecule has 8 nitrogen and oxygen atoms in total. The van der Waals surface area contributed by atoms with Crippen LogP contribution in [-0.2, 0) is 6.54 Å². The number of nitro groups is 1. The van der Waals surface area contributed by atoms with Gasteiger partial charge in [-0.05, 0) is 19.1 Å². The largest absolute Gasteiger partial charge is 0.444 e. The SMILES string of the molecule is CNC(=O)c1ccc(NCc2ncc(C)o2)c([N+](=O)[O-])c1. The third kappa shape index (κ3) is 3.35. The van der Waals surface area contributed by atoms with Gasteiger partial charge in [-0.2, -0.15) is 0 Å². The molecule has 0 radical (unpaired) electrons. The van der Waals surface area contributed by atoms with Crippen molar-refractivity contribution in [2.24, 2.45) is 0 Å². The average molecular weight is 290 g/mol. The van der Waals surface area contributed by atoms with E-state index in [1.165, 1.54) is 25.2 Å². The van der Waals surface area contributed by atoms with Crippen LogP contribution < -0.4 is 10.6 Å². The topological polar surface area (TPSA) is 110 Å². The summed E-state index contributed by atoms with van der Waals surface area (Å²) < 4.78 is 5.28. The summed E-state index contributed by atoms with van der Waals surface area (Å²) in [6.07, 6.45) is 1.57. The Bertz CT molecular complexity index is 681. The Hall–Kier alpha value is -2.90. The van der Waals surface area contributed by atoms with Gasteiger partial charge in [0.05, 0.1) is 17.7 Å². The third-order valence-electron chi connectivity index (χ3n) is 2.78. The van der Waals surface area contributed by atoms with Gasteiger partial charge in [0.2, 0.25) is 5.89 Å². The highest BCUT2D eigenvalue weighted by Gasteiger charge is 2.17. The van der Waals surface area contributed by atoms with Crippen LogP contribution in [0.4, 0.5) is 11.4 Å². The van der Waals surface area contributed by atoms with Gasteiger partial charge in [-0.15, -0.1) is 0 Å². The van der Waals surface area contributed by atoms with Gasteiger partial charge in [-0.3, -0.25) is 14.9 Å². The number of aryl methyl sites for hydroxylation is 1. The van der Waals surface area contributed by atoms with E-state index < -0.39 is 4.92 Å². The smallest absolute Gasteiger partial charge is 0.293 e. The fraction of sp³-hybridized carbons (Fsp3) is 0.231. The van der Waals surface area contributed by atoms with Crippen LogP contribution in [0.5, 0.6) is 0 Å². The van der Waals surface area contributed by atoms with Crippen LogP contribution in [0.25, 0.3) is 0 Å². The first-order chi connectivity index (χ1) is 10.0.